The van der Waals surface area contributed by atoms with E-state index in [-0.39, 0.29) is 18.3 Å². The molecule has 0 bridgehead atoms. The molecule has 122 valence electrons. The lowest BCUT2D eigenvalue weighted by molar-refractivity contribution is 0.00578. The van der Waals surface area contributed by atoms with E-state index in [1.807, 2.05) is 0 Å². The normalized spacial score (nSPS) is 25.7. The molecule has 4 heteroatoms. The van der Waals surface area contributed by atoms with Crippen LogP contribution < -0.4 is 5.46 Å². The molecule has 0 spiro atoms. The van der Waals surface area contributed by atoms with Crippen LogP contribution in [0.15, 0.2) is 23.2 Å². The van der Waals surface area contributed by atoms with Gasteiger partial charge >= 0.3 is 7.12 Å². The molecule has 1 saturated heterocycles. The summed E-state index contributed by atoms with van der Waals surface area (Å²) in [4.78, 5) is 4.89. The van der Waals surface area contributed by atoms with E-state index in [1.165, 1.54) is 37.0 Å². The summed E-state index contributed by atoms with van der Waals surface area (Å²) >= 11 is 0. The van der Waals surface area contributed by atoms with Crippen molar-refractivity contribution in [2.75, 3.05) is 0 Å². The summed E-state index contributed by atoms with van der Waals surface area (Å²) in [6, 6.07) is 6.49. The number of rotatable bonds is 2. The summed E-state index contributed by atoms with van der Waals surface area (Å²) in [5.74, 6) is 0.711. The van der Waals surface area contributed by atoms with E-state index in [0.29, 0.717) is 5.92 Å². The first-order valence-corrected chi connectivity index (χ1v) is 8.92. The van der Waals surface area contributed by atoms with Crippen molar-refractivity contribution in [3.05, 3.63) is 23.8 Å². The van der Waals surface area contributed by atoms with Gasteiger partial charge in [0.15, 0.2) is 0 Å². The van der Waals surface area contributed by atoms with Gasteiger partial charge in [0.25, 0.3) is 0 Å². The lowest BCUT2D eigenvalue weighted by Crippen LogP contribution is -2.41. The fourth-order valence-corrected chi connectivity index (χ4v) is 3.87. The topological polar surface area (TPSA) is 30.8 Å². The van der Waals surface area contributed by atoms with Gasteiger partial charge in [0.1, 0.15) is 0 Å². The molecule has 1 aliphatic carbocycles. The molecule has 23 heavy (non-hydrogen) atoms. The molecular formula is C19H26BNO2. The van der Waals surface area contributed by atoms with Gasteiger partial charge in [0, 0.05) is 12.1 Å². The lowest BCUT2D eigenvalue weighted by Gasteiger charge is -2.32. The molecule has 3 nitrogen and oxygen atoms in total. The Balaban J connectivity index is 1.55. The Morgan fingerprint density at radius 2 is 1.70 bits per heavy atom. The molecule has 2 heterocycles. The van der Waals surface area contributed by atoms with E-state index in [1.54, 1.807) is 0 Å². The summed E-state index contributed by atoms with van der Waals surface area (Å²) in [6.45, 7) is 8.40. The van der Waals surface area contributed by atoms with Crippen LogP contribution in [0.4, 0.5) is 5.69 Å². The molecule has 3 aliphatic rings. The quantitative estimate of drug-likeness (QED) is 0.778. The Labute approximate surface area is 139 Å². The molecule has 1 aromatic carbocycles. The van der Waals surface area contributed by atoms with Gasteiger partial charge in [0.05, 0.1) is 16.9 Å². The number of aliphatic imine (C=N–C) groups is 1. The van der Waals surface area contributed by atoms with Crippen LogP contribution in [0, 0.1) is 5.92 Å². The molecule has 0 radical (unpaired) electrons. The highest BCUT2D eigenvalue weighted by Gasteiger charge is 2.51. The number of hydrogen-bond donors (Lipinski definition) is 0. The fourth-order valence-electron chi connectivity index (χ4n) is 3.87. The van der Waals surface area contributed by atoms with Crippen molar-refractivity contribution in [2.24, 2.45) is 10.9 Å². The predicted octanol–water partition coefficient (Wildman–Crippen LogP) is 3.80. The minimum Gasteiger partial charge on any atom is -0.399 e. The van der Waals surface area contributed by atoms with Gasteiger partial charge in [-0.25, -0.2) is 0 Å². The number of hydrogen-bond acceptors (Lipinski definition) is 3. The van der Waals surface area contributed by atoms with E-state index in [4.69, 9.17) is 14.3 Å². The molecule has 0 N–H and O–H groups in total. The van der Waals surface area contributed by atoms with E-state index in [2.05, 4.69) is 45.9 Å². The minimum absolute atomic E-state index is 0.277. The van der Waals surface area contributed by atoms with Crippen LogP contribution >= 0.6 is 0 Å². The van der Waals surface area contributed by atoms with Crippen LogP contribution in [0.5, 0.6) is 0 Å². The second-order valence-electron chi connectivity index (χ2n) is 8.24. The molecule has 0 unspecified atom stereocenters. The Morgan fingerprint density at radius 3 is 2.35 bits per heavy atom. The molecule has 1 aromatic rings. The Bertz CT molecular complexity index is 643. The van der Waals surface area contributed by atoms with Crippen LogP contribution in [0.25, 0.3) is 0 Å². The van der Waals surface area contributed by atoms with E-state index in [9.17, 15) is 0 Å². The highest BCUT2D eigenvalue weighted by atomic mass is 16.7. The first-order valence-electron chi connectivity index (χ1n) is 8.92. The highest BCUT2D eigenvalue weighted by Crippen LogP contribution is 2.38. The first kappa shape index (κ1) is 15.4. The third-order valence-electron chi connectivity index (χ3n) is 6.09. The monoisotopic (exact) mass is 311 g/mol. The van der Waals surface area contributed by atoms with Gasteiger partial charge in [0.2, 0.25) is 0 Å². The van der Waals surface area contributed by atoms with Gasteiger partial charge in [-0.2, -0.15) is 0 Å². The molecule has 0 atom stereocenters. The van der Waals surface area contributed by atoms with Crippen LogP contribution in [-0.2, 0) is 15.7 Å². The number of nitrogens with zero attached hydrogens (tertiary/aromatic N) is 1. The number of fused-ring (bicyclic) bond motifs is 1. The zero-order valence-electron chi connectivity index (χ0n) is 14.7. The van der Waals surface area contributed by atoms with Crippen molar-refractivity contribution in [1.82, 2.24) is 0 Å². The maximum Gasteiger partial charge on any atom is 0.494 e. The van der Waals surface area contributed by atoms with E-state index < -0.39 is 0 Å². The number of benzene rings is 1. The lowest BCUT2D eigenvalue weighted by atomic mass is 9.78. The van der Waals surface area contributed by atoms with Crippen LogP contribution in [0.1, 0.15) is 58.9 Å². The van der Waals surface area contributed by atoms with Gasteiger partial charge in [-0.15, -0.1) is 0 Å². The van der Waals surface area contributed by atoms with E-state index in [0.717, 1.165) is 17.6 Å². The second-order valence-corrected chi connectivity index (χ2v) is 8.24. The van der Waals surface area contributed by atoms with Gasteiger partial charge in [-0.3, -0.25) is 4.99 Å². The first-order chi connectivity index (χ1) is 10.9. The van der Waals surface area contributed by atoms with Crippen molar-refractivity contribution >= 4 is 24.0 Å². The van der Waals surface area contributed by atoms with Crippen molar-refractivity contribution in [3.8, 4) is 0 Å². The zero-order valence-corrected chi connectivity index (χ0v) is 14.7. The second kappa shape index (κ2) is 5.19. The predicted molar refractivity (Wildman–Crippen MR) is 94.9 cm³/mol. The van der Waals surface area contributed by atoms with E-state index >= 15 is 0 Å². The third-order valence-corrected chi connectivity index (χ3v) is 6.09. The summed E-state index contributed by atoms with van der Waals surface area (Å²) < 4.78 is 12.4. The molecule has 2 aliphatic heterocycles. The molecular weight excluding hydrogens is 285 g/mol. The molecule has 2 fully saturated rings. The highest BCUT2D eigenvalue weighted by molar-refractivity contribution is 6.62. The maximum absolute atomic E-state index is 6.18. The van der Waals surface area contributed by atoms with Gasteiger partial charge in [-0.1, -0.05) is 25.0 Å². The van der Waals surface area contributed by atoms with Crippen LogP contribution in [0.2, 0.25) is 0 Å². The zero-order chi connectivity index (χ0) is 16.2. The summed E-state index contributed by atoms with van der Waals surface area (Å²) in [7, 11) is -0.277. The Kier molecular flexibility index (Phi) is 3.47. The van der Waals surface area contributed by atoms with Crippen molar-refractivity contribution in [2.45, 2.75) is 71.0 Å². The molecule has 1 saturated carbocycles. The molecule has 0 amide bonds. The minimum atomic E-state index is -0.289. The van der Waals surface area contributed by atoms with Crippen molar-refractivity contribution in [3.63, 3.8) is 0 Å². The van der Waals surface area contributed by atoms with Crippen molar-refractivity contribution in [1.29, 1.82) is 0 Å². The maximum atomic E-state index is 6.18. The SMILES string of the molecule is CC1(C)OB(c2ccc3c(c2)CC(C2CCCC2)=N3)OC1(C)C. The third kappa shape index (κ3) is 2.56. The van der Waals surface area contributed by atoms with Crippen LogP contribution in [-0.4, -0.2) is 24.0 Å². The average molecular weight is 311 g/mol. The Morgan fingerprint density at radius 1 is 1.04 bits per heavy atom. The standard InChI is InChI=1S/C19H26BNO2/c1-18(2)19(3,4)23-20(22-18)15-9-10-16-14(11-15)12-17(21-16)13-7-5-6-8-13/h9-11,13H,5-8,12H2,1-4H3. The molecule has 0 aromatic heterocycles. The summed E-state index contributed by atoms with van der Waals surface area (Å²) in [6.07, 6.45) is 6.36. The smallest absolute Gasteiger partial charge is 0.399 e. The average Bonchev–Trinajstić information content (AvgIpc) is 3.17. The van der Waals surface area contributed by atoms with Gasteiger partial charge < -0.3 is 9.31 Å². The molecule has 4 rings (SSSR count). The summed E-state index contributed by atoms with van der Waals surface area (Å²) in [5, 5.41) is 0. The summed E-state index contributed by atoms with van der Waals surface area (Å²) in [5.41, 5.74) is 4.41. The van der Waals surface area contributed by atoms with Crippen LogP contribution in [0.3, 0.4) is 0 Å². The largest absolute Gasteiger partial charge is 0.494 e. The van der Waals surface area contributed by atoms with Crippen molar-refractivity contribution < 1.29 is 9.31 Å². The Hall–Kier alpha value is -1.13. The van der Waals surface area contributed by atoms with Gasteiger partial charge in [-0.05, 0) is 63.5 Å². The fraction of sp³-hybridized carbons (Fsp3) is 0.632.